The molecular formula is C19H19NO4S. The third-order valence-electron chi connectivity index (χ3n) is 4.29. The molecule has 1 amide bonds. The van der Waals surface area contributed by atoms with Gasteiger partial charge in [0, 0.05) is 10.8 Å². The summed E-state index contributed by atoms with van der Waals surface area (Å²) < 4.78 is 0. The Bertz CT molecular complexity index is 881. The second-order valence-electron chi connectivity index (χ2n) is 6.32. The van der Waals surface area contributed by atoms with Crippen LogP contribution in [0, 0.1) is 12.8 Å². The number of ketones is 1. The first-order valence-corrected chi connectivity index (χ1v) is 8.85. The number of benzene rings is 1. The zero-order chi connectivity index (χ0) is 18.3. The van der Waals surface area contributed by atoms with E-state index in [1.54, 1.807) is 32.0 Å². The Balaban J connectivity index is 2.23. The summed E-state index contributed by atoms with van der Waals surface area (Å²) >= 11 is 1.42. The average molecular weight is 357 g/mol. The van der Waals surface area contributed by atoms with Gasteiger partial charge in [-0.2, -0.15) is 0 Å². The second kappa shape index (κ2) is 6.37. The third-order valence-corrected chi connectivity index (χ3v) is 5.36. The van der Waals surface area contributed by atoms with Gasteiger partial charge in [-0.05, 0) is 36.1 Å². The summed E-state index contributed by atoms with van der Waals surface area (Å²) in [5.74, 6) is -1.94. The van der Waals surface area contributed by atoms with E-state index in [2.05, 4.69) is 0 Å². The van der Waals surface area contributed by atoms with Gasteiger partial charge in [0.2, 0.25) is 0 Å². The molecule has 25 heavy (non-hydrogen) atoms. The number of phenolic OH excluding ortho intramolecular Hbond substituents is 1. The zero-order valence-electron chi connectivity index (χ0n) is 14.2. The van der Waals surface area contributed by atoms with Gasteiger partial charge in [-0.3, -0.25) is 14.5 Å². The molecule has 1 atom stereocenters. The van der Waals surface area contributed by atoms with Gasteiger partial charge in [0.25, 0.3) is 5.91 Å². The van der Waals surface area contributed by atoms with Crippen molar-refractivity contribution in [1.29, 1.82) is 0 Å². The molecule has 0 saturated heterocycles. The number of carbonyl (C=O) groups is 2. The van der Waals surface area contributed by atoms with Crippen LogP contribution in [0.4, 0.5) is 5.69 Å². The van der Waals surface area contributed by atoms with Crippen molar-refractivity contribution in [2.24, 2.45) is 5.92 Å². The number of aliphatic hydroxyl groups is 1. The maximum Gasteiger partial charge on any atom is 0.294 e. The molecule has 0 aliphatic carbocycles. The van der Waals surface area contributed by atoms with Crippen LogP contribution >= 0.6 is 11.3 Å². The molecule has 3 rings (SSSR count). The standard InChI is InChI=1S/C19H19NO4S/c1-10(2)16(22)14-15(18-11(3)8-9-25-18)20(19(24)17(14)23)12-6-4-5-7-13(12)21/h4-10,15,21,23H,1-3H3. The monoisotopic (exact) mass is 357 g/mol. The normalized spacial score (nSPS) is 17.7. The van der Waals surface area contributed by atoms with Crippen molar-refractivity contribution >= 4 is 28.7 Å². The van der Waals surface area contributed by atoms with E-state index in [0.717, 1.165) is 10.4 Å². The second-order valence-corrected chi connectivity index (χ2v) is 7.26. The highest BCUT2D eigenvalue weighted by Gasteiger charge is 2.46. The summed E-state index contributed by atoms with van der Waals surface area (Å²) in [4.78, 5) is 27.6. The summed E-state index contributed by atoms with van der Waals surface area (Å²) in [6.07, 6.45) is 0. The van der Waals surface area contributed by atoms with Crippen LogP contribution in [0.25, 0.3) is 0 Å². The number of thiophene rings is 1. The van der Waals surface area contributed by atoms with Gasteiger partial charge < -0.3 is 10.2 Å². The quantitative estimate of drug-likeness (QED) is 0.870. The molecular weight excluding hydrogens is 338 g/mol. The summed E-state index contributed by atoms with van der Waals surface area (Å²) in [6, 6.07) is 7.58. The number of aliphatic hydroxyl groups excluding tert-OH is 1. The lowest BCUT2D eigenvalue weighted by atomic mass is 9.93. The highest BCUT2D eigenvalue weighted by Crippen LogP contribution is 2.46. The van der Waals surface area contributed by atoms with Crippen molar-refractivity contribution in [3.63, 3.8) is 0 Å². The molecule has 6 heteroatoms. The molecule has 1 aromatic heterocycles. The molecule has 0 bridgehead atoms. The van der Waals surface area contributed by atoms with Crippen LogP contribution in [0.3, 0.4) is 0 Å². The Kier molecular flexibility index (Phi) is 4.39. The molecule has 2 heterocycles. The average Bonchev–Trinajstić information content (AvgIpc) is 3.09. The molecule has 1 aromatic carbocycles. The van der Waals surface area contributed by atoms with E-state index in [1.165, 1.54) is 22.3 Å². The van der Waals surface area contributed by atoms with Crippen molar-refractivity contribution in [2.45, 2.75) is 26.8 Å². The van der Waals surface area contributed by atoms with E-state index < -0.39 is 17.7 Å². The Labute approximate surface area is 149 Å². The minimum Gasteiger partial charge on any atom is -0.506 e. The number of aryl methyl sites for hydroxylation is 1. The summed E-state index contributed by atoms with van der Waals surface area (Å²) in [6.45, 7) is 5.36. The number of amides is 1. The molecule has 1 aliphatic heterocycles. The molecule has 0 saturated carbocycles. The highest BCUT2D eigenvalue weighted by atomic mass is 32.1. The first kappa shape index (κ1) is 17.2. The molecule has 0 spiro atoms. The summed E-state index contributed by atoms with van der Waals surface area (Å²) in [7, 11) is 0. The van der Waals surface area contributed by atoms with E-state index in [1.807, 2.05) is 18.4 Å². The fourth-order valence-electron chi connectivity index (χ4n) is 3.00. The number of rotatable bonds is 4. The number of hydrogen-bond acceptors (Lipinski definition) is 5. The first-order valence-electron chi connectivity index (χ1n) is 7.97. The molecule has 0 fully saturated rings. The van der Waals surface area contributed by atoms with Crippen molar-refractivity contribution in [3.05, 3.63) is 57.5 Å². The number of para-hydroxylation sites is 2. The Hall–Kier alpha value is -2.60. The number of anilines is 1. The Morgan fingerprint density at radius 2 is 1.88 bits per heavy atom. The maximum absolute atomic E-state index is 12.8. The van der Waals surface area contributed by atoms with Crippen molar-refractivity contribution < 1.29 is 19.8 Å². The SMILES string of the molecule is Cc1ccsc1C1C(C(=O)C(C)C)=C(O)C(=O)N1c1ccccc1O. The first-order chi connectivity index (χ1) is 11.8. The number of nitrogens with zero attached hydrogens (tertiary/aromatic N) is 1. The van der Waals surface area contributed by atoms with E-state index >= 15 is 0 Å². The zero-order valence-corrected chi connectivity index (χ0v) is 15.0. The Morgan fingerprint density at radius 1 is 1.20 bits per heavy atom. The molecule has 130 valence electrons. The minimum absolute atomic E-state index is 0.0823. The summed E-state index contributed by atoms with van der Waals surface area (Å²) in [5, 5.41) is 22.5. The summed E-state index contributed by atoms with van der Waals surface area (Å²) in [5.41, 5.74) is 1.28. The molecule has 1 aliphatic rings. The van der Waals surface area contributed by atoms with Crippen LogP contribution in [0.1, 0.15) is 30.3 Å². The van der Waals surface area contributed by atoms with Gasteiger partial charge >= 0.3 is 0 Å². The fraction of sp³-hybridized carbons (Fsp3) is 0.263. The van der Waals surface area contributed by atoms with Crippen molar-refractivity contribution in [1.82, 2.24) is 0 Å². The lowest BCUT2D eigenvalue weighted by molar-refractivity contribution is -0.119. The smallest absolute Gasteiger partial charge is 0.294 e. The van der Waals surface area contributed by atoms with Gasteiger partial charge in [0.1, 0.15) is 11.8 Å². The van der Waals surface area contributed by atoms with Gasteiger partial charge in [-0.1, -0.05) is 26.0 Å². The van der Waals surface area contributed by atoms with Crippen molar-refractivity contribution in [3.8, 4) is 5.75 Å². The lowest BCUT2D eigenvalue weighted by Gasteiger charge is -2.27. The molecule has 2 aromatic rings. The molecule has 5 nitrogen and oxygen atoms in total. The van der Waals surface area contributed by atoms with Crippen LogP contribution in [0.15, 0.2) is 47.0 Å². The van der Waals surface area contributed by atoms with Crippen LogP contribution in [-0.4, -0.2) is 21.9 Å². The number of hydrogen-bond donors (Lipinski definition) is 2. The van der Waals surface area contributed by atoms with Crippen molar-refractivity contribution in [2.75, 3.05) is 4.90 Å². The Morgan fingerprint density at radius 3 is 2.44 bits per heavy atom. The van der Waals surface area contributed by atoms with Crippen LogP contribution in [-0.2, 0) is 9.59 Å². The largest absolute Gasteiger partial charge is 0.506 e. The van der Waals surface area contributed by atoms with Crippen LogP contribution in [0.5, 0.6) is 5.75 Å². The van der Waals surface area contributed by atoms with E-state index in [4.69, 9.17) is 0 Å². The van der Waals surface area contributed by atoms with E-state index in [0.29, 0.717) is 0 Å². The van der Waals surface area contributed by atoms with Crippen LogP contribution in [0.2, 0.25) is 0 Å². The topological polar surface area (TPSA) is 77.8 Å². The predicted octanol–water partition coefficient (Wildman–Crippen LogP) is 3.89. The molecule has 2 N–H and O–H groups in total. The fourth-order valence-corrected chi connectivity index (χ4v) is 4.02. The number of carbonyl (C=O) groups excluding carboxylic acids is 2. The molecule has 1 unspecified atom stereocenters. The number of phenols is 1. The maximum atomic E-state index is 12.8. The lowest BCUT2D eigenvalue weighted by Crippen LogP contribution is -2.31. The van der Waals surface area contributed by atoms with Gasteiger partial charge in [0.05, 0.1) is 11.3 Å². The predicted molar refractivity (Wildman–Crippen MR) is 96.9 cm³/mol. The number of aromatic hydroxyl groups is 1. The molecule has 0 radical (unpaired) electrons. The van der Waals surface area contributed by atoms with Gasteiger partial charge in [-0.15, -0.1) is 11.3 Å². The number of Topliss-reactive ketones (excluding diaryl/α,β-unsaturated/α-hetero) is 1. The van der Waals surface area contributed by atoms with Gasteiger partial charge in [0.15, 0.2) is 11.5 Å². The van der Waals surface area contributed by atoms with Crippen LogP contribution < -0.4 is 4.90 Å². The van der Waals surface area contributed by atoms with E-state index in [-0.39, 0.29) is 28.7 Å². The third kappa shape index (κ3) is 2.72. The van der Waals surface area contributed by atoms with E-state index in [9.17, 15) is 19.8 Å². The minimum atomic E-state index is -0.740. The van der Waals surface area contributed by atoms with Gasteiger partial charge in [-0.25, -0.2) is 0 Å². The highest BCUT2D eigenvalue weighted by molar-refractivity contribution is 7.10.